The molecule has 0 unspecified atom stereocenters. The molecule has 0 aromatic carbocycles. The van der Waals surface area contributed by atoms with E-state index < -0.39 is 6.04 Å². The van der Waals surface area contributed by atoms with E-state index in [0.29, 0.717) is 19.4 Å². The topological polar surface area (TPSA) is 90.4 Å². The third-order valence-corrected chi connectivity index (χ3v) is 4.13. The van der Waals surface area contributed by atoms with E-state index in [2.05, 4.69) is 6.07 Å². The summed E-state index contributed by atoms with van der Waals surface area (Å²) in [4.78, 5) is 27.5. The number of hydrogen-bond acceptors (Lipinski definition) is 4. The first-order valence-electron chi connectivity index (χ1n) is 7.37. The second-order valence-corrected chi connectivity index (χ2v) is 5.55. The zero-order chi connectivity index (χ0) is 14.5. The van der Waals surface area contributed by atoms with Crippen LogP contribution >= 0.6 is 0 Å². The number of carbonyl (C=O) groups is 2. The zero-order valence-corrected chi connectivity index (χ0v) is 11.8. The summed E-state index contributed by atoms with van der Waals surface area (Å²) < 4.78 is 0. The highest BCUT2D eigenvalue weighted by Gasteiger charge is 2.32. The Hall–Kier alpha value is -1.61. The van der Waals surface area contributed by atoms with Crippen LogP contribution in [0.5, 0.6) is 0 Å². The van der Waals surface area contributed by atoms with Crippen LogP contribution in [0.2, 0.25) is 0 Å². The molecule has 2 N–H and O–H groups in total. The Morgan fingerprint density at radius 2 is 1.95 bits per heavy atom. The quantitative estimate of drug-likeness (QED) is 0.797. The Kier molecular flexibility index (Phi) is 4.96. The number of likely N-dealkylation sites (tertiary alicyclic amines) is 2. The maximum absolute atomic E-state index is 12.2. The standard InChI is InChI=1S/C14H22N4O2/c15-10-11-4-3-9-18(11)14(20)12(16)5-6-13(19)17-7-1-2-8-17/h11-12H,1-9,16H2/t11-,12-/m0/s1. The van der Waals surface area contributed by atoms with E-state index in [1.165, 1.54) is 0 Å². The Morgan fingerprint density at radius 3 is 2.60 bits per heavy atom. The van der Waals surface area contributed by atoms with Crippen molar-refractivity contribution in [1.82, 2.24) is 9.80 Å². The molecule has 0 aromatic heterocycles. The van der Waals surface area contributed by atoms with Crippen LogP contribution in [-0.2, 0) is 9.59 Å². The molecule has 2 aliphatic heterocycles. The van der Waals surface area contributed by atoms with E-state index in [4.69, 9.17) is 11.0 Å². The van der Waals surface area contributed by atoms with Gasteiger partial charge in [-0.15, -0.1) is 0 Å². The highest BCUT2D eigenvalue weighted by Crippen LogP contribution is 2.18. The van der Waals surface area contributed by atoms with E-state index in [1.54, 1.807) is 4.90 Å². The summed E-state index contributed by atoms with van der Waals surface area (Å²) in [5, 5.41) is 8.98. The second-order valence-electron chi connectivity index (χ2n) is 5.55. The van der Waals surface area contributed by atoms with Crippen molar-refractivity contribution in [2.75, 3.05) is 19.6 Å². The van der Waals surface area contributed by atoms with E-state index in [-0.39, 0.29) is 17.9 Å². The van der Waals surface area contributed by atoms with Gasteiger partial charge in [-0.3, -0.25) is 9.59 Å². The summed E-state index contributed by atoms with van der Waals surface area (Å²) >= 11 is 0. The van der Waals surface area contributed by atoms with Gasteiger partial charge in [0.25, 0.3) is 0 Å². The molecule has 0 aliphatic carbocycles. The van der Waals surface area contributed by atoms with E-state index in [0.717, 1.165) is 38.8 Å². The Bertz CT molecular complexity index is 412. The number of hydrogen-bond donors (Lipinski definition) is 1. The maximum atomic E-state index is 12.2. The van der Waals surface area contributed by atoms with Crippen molar-refractivity contribution in [3.63, 3.8) is 0 Å². The molecule has 6 nitrogen and oxygen atoms in total. The lowest BCUT2D eigenvalue weighted by Gasteiger charge is -2.23. The van der Waals surface area contributed by atoms with Crippen LogP contribution in [0.1, 0.15) is 38.5 Å². The van der Waals surface area contributed by atoms with Crippen molar-refractivity contribution in [3.05, 3.63) is 0 Å². The molecule has 2 atom stereocenters. The van der Waals surface area contributed by atoms with Gasteiger partial charge in [0.15, 0.2) is 0 Å². The van der Waals surface area contributed by atoms with Gasteiger partial charge in [0.1, 0.15) is 6.04 Å². The fourth-order valence-corrected chi connectivity index (χ4v) is 2.90. The number of nitrogens with zero attached hydrogens (tertiary/aromatic N) is 3. The molecule has 2 fully saturated rings. The van der Waals surface area contributed by atoms with Crippen molar-refractivity contribution in [3.8, 4) is 6.07 Å². The number of nitrogens with two attached hydrogens (primary N) is 1. The molecule has 0 aromatic rings. The SMILES string of the molecule is N#C[C@@H]1CCCN1C(=O)[C@@H](N)CCC(=O)N1CCCC1. The van der Waals surface area contributed by atoms with Gasteiger partial charge in [0, 0.05) is 26.1 Å². The normalized spacial score (nSPS) is 23.7. The molecule has 0 bridgehead atoms. The molecule has 2 amide bonds. The van der Waals surface area contributed by atoms with Crippen LogP contribution in [-0.4, -0.2) is 53.3 Å². The average molecular weight is 278 g/mol. The van der Waals surface area contributed by atoms with E-state index in [1.807, 2.05) is 4.90 Å². The van der Waals surface area contributed by atoms with Crippen molar-refractivity contribution in [2.45, 2.75) is 50.6 Å². The van der Waals surface area contributed by atoms with E-state index >= 15 is 0 Å². The molecule has 0 radical (unpaired) electrons. The van der Waals surface area contributed by atoms with Crippen LogP contribution in [0.15, 0.2) is 0 Å². The monoisotopic (exact) mass is 278 g/mol. The molecule has 2 rings (SSSR count). The zero-order valence-electron chi connectivity index (χ0n) is 11.8. The predicted molar refractivity (Wildman–Crippen MR) is 73.4 cm³/mol. The predicted octanol–water partition coefficient (Wildman–Crippen LogP) is 0.231. The van der Waals surface area contributed by atoms with Crippen LogP contribution in [0.25, 0.3) is 0 Å². The van der Waals surface area contributed by atoms with Crippen LogP contribution in [0.3, 0.4) is 0 Å². The molecule has 6 heteroatoms. The first kappa shape index (κ1) is 14.8. The summed E-state index contributed by atoms with van der Waals surface area (Å²) in [5.41, 5.74) is 5.89. The minimum absolute atomic E-state index is 0.0870. The van der Waals surface area contributed by atoms with Crippen molar-refractivity contribution < 1.29 is 9.59 Å². The van der Waals surface area contributed by atoms with Crippen molar-refractivity contribution >= 4 is 11.8 Å². The van der Waals surface area contributed by atoms with Gasteiger partial charge in [0.05, 0.1) is 12.1 Å². The molecule has 2 saturated heterocycles. The molecular weight excluding hydrogens is 256 g/mol. The van der Waals surface area contributed by atoms with Crippen LogP contribution in [0, 0.1) is 11.3 Å². The third-order valence-electron chi connectivity index (χ3n) is 4.13. The average Bonchev–Trinajstić information content (AvgIpc) is 3.13. The summed E-state index contributed by atoms with van der Waals surface area (Å²) in [7, 11) is 0. The maximum Gasteiger partial charge on any atom is 0.240 e. The van der Waals surface area contributed by atoms with Gasteiger partial charge >= 0.3 is 0 Å². The Morgan fingerprint density at radius 1 is 1.25 bits per heavy atom. The number of carbonyl (C=O) groups excluding carboxylic acids is 2. The molecule has 110 valence electrons. The second kappa shape index (κ2) is 6.71. The molecule has 0 spiro atoms. The smallest absolute Gasteiger partial charge is 0.240 e. The van der Waals surface area contributed by atoms with E-state index in [9.17, 15) is 9.59 Å². The first-order valence-corrected chi connectivity index (χ1v) is 7.37. The summed E-state index contributed by atoms with van der Waals surface area (Å²) in [6.45, 7) is 2.25. The lowest BCUT2D eigenvalue weighted by Crippen LogP contribution is -2.46. The molecule has 0 saturated carbocycles. The summed E-state index contributed by atoms with van der Waals surface area (Å²) in [5.74, 6) is -0.104. The molecule has 20 heavy (non-hydrogen) atoms. The van der Waals surface area contributed by atoms with Crippen molar-refractivity contribution in [1.29, 1.82) is 5.26 Å². The summed E-state index contributed by atoms with van der Waals surface area (Å²) in [6, 6.07) is 1.12. The van der Waals surface area contributed by atoms with Crippen LogP contribution < -0.4 is 5.73 Å². The fraction of sp³-hybridized carbons (Fsp3) is 0.786. The van der Waals surface area contributed by atoms with Gasteiger partial charge in [-0.25, -0.2) is 0 Å². The Labute approximate surface area is 119 Å². The highest BCUT2D eigenvalue weighted by atomic mass is 16.2. The lowest BCUT2D eigenvalue weighted by atomic mass is 10.1. The summed E-state index contributed by atoms with van der Waals surface area (Å²) in [6.07, 6.45) is 4.38. The first-order chi connectivity index (χ1) is 9.63. The lowest BCUT2D eigenvalue weighted by molar-refractivity contribution is -0.133. The number of rotatable bonds is 4. The largest absolute Gasteiger partial charge is 0.343 e. The minimum Gasteiger partial charge on any atom is -0.343 e. The van der Waals surface area contributed by atoms with Gasteiger partial charge in [-0.05, 0) is 32.1 Å². The van der Waals surface area contributed by atoms with Gasteiger partial charge in [-0.2, -0.15) is 5.26 Å². The van der Waals surface area contributed by atoms with Crippen LogP contribution in [0.4, 0.5) is 0 Å². The fourth-order valence-electron chi connectivity index (χ4n) is 2.90. The van der Waals surface area contributed by atoms with Gasteiger partial charge in [-0.1, -0.05) is 0 Å². The van der Waals surface area contributed by atoms with Gasteiger partial charge in [0.2, 0.25) is 11.8 Å². The highest BCUT2D eigenvalue weighted by molar-refractivity contribution is 5.84. The molecule has 2 aliphatic rings. The minimum atomic E-state index is -0.671. The number of amides is 2. The van der Waals surface area contributed by atoms with Crippen molar-refractivity contribution in [2.24, 2.45) is 5.73 Å². The number of nitriles is 1. The molecule has 2 heterocycles. The third kappa shape index (κ3) is 3.28. The van der Waals surface area contributed by atoms with Gasteiger partial charge < -0.3 is 15.5 Å². The molecular formula is C14H22N4O2. The Balaban J connectivity index is 1.79.